The van der Waals surface area contributed by atoms with Crippen LogP contribution in [-0.4, -0.2) is 15.7 Å². The molecule has 0 spiro atoms. The van der Waals surface area contributed by atoms with Crippen LogP contribution >= 0.6 is 0 Å². The standard InChI is InChI=1S/C15H19N3O/c1-3-13(12-8-6-5-7-9-12)17-15(19)14-10-11-16-18(14)4-2/h5-11,13H,3-4H2,1-2H3,(H,17,19). The van der Waals surface area contributed by atoms with Gasteiger partial charge in [-0.3, -0.25) is 9.48 Å². The Kier molecular flexibility index (Phi) is 4.34. The first-order valence-corrected chi connectivity index (χ1v) is 6.63. The highest BCUT2D eigenvalue weighted by atomic mass is 16.2. The lowest BCUT2D eigenvalue weighted by Crippen LogP contribution is -2.30. The molecular weight excluding hydrogens is 238 g/mol. The number of amides is 1. The third kappa shape index (κ3) is 3.02. The molecule has 1 aromatic heterocycles. The number of nitrogens with zero attached hydrogens (tertiary/aromatic N) is 2. The molecule has 1 aromatic carbocycles. The van der Waals surface area contributed by atoms with Gasteiger partial charge >= 0.3 is 0 Å². The smallest absolute Gasteiger partial charge is 0.270 e. The van der Waals surface area contributed by atoms with Gasteiger partial charge in [0.1, 0.15) is 5.69 Å². The largest absolute Gasteiger partial charge is 0.344 e. The Labute approximate surface area is 113 Å². The summed E-state index contributed by atoms with van der Waals surface area (Å²) in [6.45, 7) is 4.73. The molecule has 100 valence electrons. The summed E-state index contributed by atoms with van der Waals surface area (Å²) in [4.78, 5) is 12.3. The second-order valence-corrected chi connectivity index (χ2v) is 4.38. The van der Waals surface area contributed by atoms with Crippen LogP contribution < -0.4 is 5.32 Å². The monoisotopic (exact) mass is 257 g/mol. The van der Waals surface area contributed by atoms with Crippen LogP contribution in [0.15, 0.2) is 42.6 Å². The highest BCUT2D eigenvalue weighted by molar-refractivity contribution is 5.92. The number of carbonyl (C=O) groups excluding carboxylic acids is 1. The minimum atomic E-state index is -0.0740. The molecule has 4 heteroatoms. The summed E-state index contributed by atoms with van der Waals surface area (Å²) >= 11 is 0. The molecule has 0 radical (unpaired) electrons. The third-order valence-corrected chi connectivity index (χ3v) is 3.16. The maximum atomic E-state index is 12.3. The number of aryl methyl sites for hydroxylation is 1. The van der Waals surface area contributed by atoms with E-state index in [1.54, 1.807) is 16.9 Å². The topological polar surface area (TPSA) is 46.9 Å². The summed E-state index contributed by atoms with van der Waals surface area (Å²) in [6.07, 6.45) is 2.51. The van der Waals surface area contributed by atoms with Crippen molar-refractivity contribution in [1.29, 1.82) is 0 Å². The maximum Gasteiger partial charge on any atom is 0.270 e. The molecule has 0 aliphatic heterocycles. The fourth-order valence-corrected chi connectivity index (χ4v) is 2.12. The summed E-state index contributed by atoms with van der Waals surface area (Å²) in [6, 6.07) is 11.8. The number of rotatable bonds is 5. The minimum Gasteiger partial charge on any atom is -0.344 e. The Morgan fingerprint density at radius 3 is 2.63 bits per heavy atom. The quantitative estimate of drug-likeness (QED) is 0.895. The van der Waals surface area contributed by atoms with Gasteiger partial charge in [0.15, 0.2) is 0 Å². The molecule has 0 aliphatic rings. The zero-order valence-corrected chi connectivity index (χ0v) is 11.3. The molecule has 0 bridgehead atoms. The fraction of sp³-hybridized carbons (Fsp3) is 0.333. The Balaban J connectivity index is 2.13. The van der Waals surface area contributed by atoms with Crippen molar-refractivity contribution in [3.8, 4) is 0 Å². The molecule has 2 aromatic rings. The molecule has 1 unspecified atom stereocenters. The van der Waals surface area contributed by atoms with Gasteiger partial charge in [0.05, 0.1) is 6.04 Å². The number of carbonyl (C=O) groups is 1. The third-order valence-electron chi connectivity index (χ3n) is 3.16. The van der Waals surface area contributed by atoms with E-state index in [0.29, 0.717) is 12.2 Å². The van der Waals surface area contributed by atoms with E-state index in [0.717, 1.165) is 12.0 Å². The van der Waals surface area contributed by atoms with Crippen LogP contribution in [0.1, 0.15) is 42.4 Å². The van der Waals surface area contributed by atoms with E-state index in [1.807, 2.05) is 37.3 Å². The lowest BCUT2D eigenvalue weighted by atomic mass is 10.0. The van der Waals surface area contributed by atoms with Crippen molar-refractivity contribution in [2.24, 2.45) is 0 Å². The molecule has 4 nitrogen and oxygen atoms in total. The van der Waals surface area contributed by atoms with Crippen LogP contribution in [0.2, 0.25) is 0 Å². The van der Waals surface area contributed by atoms with Crippen molar-refractivity contribution in [1.82, 2.24) is 15.1 Å². The fourth-order valence-electron chi connectivity index (χ4n) is 2.12. The predicted molar refractivity (Wildman–Crippen MR) is 74.8 cm³/mol. The summed E-state index contributed by atoms with van der Waals surface area (Å²) in [5, 5.41) is 7.18. The van der Waals surface area contributed by atoms with E-state index in [9.17, 15) is 4.79 Å². The van der Waals surface area contributed by atoms with E-state index in [2.05, 4.69) is 17.3 Å². The van der Waals surface area contributed by atoms with Crippen LogP contribution in [0.25, 0.3) is 0 Å². The molecule has 1 heterocycles. The summed E-state index contributed by atoms with van der Waals surface area (Å²) in [5.41, 5.74) is 1.73. The lowest BCUT2D eigenvalue weighted by Gasteiger charge is -2.17. The molecule has 1 amide bonds. The van der Waals surface area contributed by atoms with Gasteiger partial charge in [0.25, 0.3) is 5.91 Å². The minimum absolute atomic E-state index is 0.0360. The molecule has 1 N–H and O–H groups in total. The molecule has 0 fully saturated rings. The second kappa shape index (κ2) is 6.18. The van der Waals surface area contributed by atoms with Gasteiger partial charge in [-0.1, -0.05) is 37.3 Å². The van der Waals surface area contributed by atoms with Crippen molar-refractivity contribution in [2.45, 2.75) is 32.9 Å². The Morgan fingerprint density at radius 1 is 1.26 bits per heavy atom. The Hall–Kier alpha value is -2.10. The molecule has 0 aliphatic carbocycles. The van der Waals surface area contributed by atoms with Crippen LogP contribution in [-0.2, 0) is 6.54 Å². The van der Waals surface area contributed by atoms with Crippen LogP contribution in [0.5, 0.6) is 0 Å². The zero-order chi connectivity index (χ0) is 13.7. The number of aromatic nitrogens is 2. The average Bonchev–Trinajstić information content (AvgIpc) is 2.94. The molecular formula is C15H19N3O. The number of nitrogens with one attached hydrogen (secondary N) is 1. The van der Waals surface area contributed by atoms with Crippen LogP contribution in [0.3, 0.4) is 0 Å². The van der Waals surface area contributed by atoms with Gasteiger partial charge in [-0.2, -0.15) is 5.10 Å². The highest BCUT2D eigenvalue weighted by Crippen LogP contribution is 2.16. The van der Waals surface area contributed by atoms with E-state index in [-0.39, 0.29) is 11.9 Å². The van der Waals surface area contributed by atoms with E-state index < -0.39 is 0 Å². The number of hydrogen-bond donors (Lipinski definition) is 1. The molecule has 0 saturated carbocycles. The molecule has 2 rings (SSSR count). The summed E-state index contributed by atoms with van der Waals surface area (Å²) in [5.74, 6) is -0.0740. The SMILES string of the molecule is CCC(NC(=O)c1ccnn1CC)c1ccccc1. The molecule has 0 saturated heterocycles. The zero-order valence-electron chi connectivity index (χ0n) is 11.3. The van der Waals surface area contributed by atoms with Gasteiger partial charge in [-0.05, 0) is 25.0 Å². The Bertz CT molecular complexity index is 533. The maximum absolute atomic E-state index is 12.3. The van der Waals surface area contributed by atoms with Gasteiger partial charge in [-0.25, -0.2) is 0 Å². The van der Waals surface area contributed by atoms with Crippen LogP contribution in [0.4, 0.5) is 0 Å². The van der Waals surface area contributed by atoms with Gasteiger partial charge in [0.2, 0.25) is 0 Å². The van der Waals surface area contributed by atoms with Crippen molar-refractivity contribution in [3.63, 3.8) is 0 Å². The first-order chi connectivity index (χ1) is 9.26. The van der Waals surface area contributed by atoms with Crippen molar-refractivity contribution in [3.05, 3.63) is 53.9 Å². The number of hydrogen-bond acceptors (Lipinski definition) is 2. The van der Waals surface area contributed by atoms with Gasteiger partial charge in [-0.15, -0.1) is 0 Å². The van der Waals surface area contributed by atoms with Crippen LogP contribution in [0, 0.1) is 0 Å². The lowest BCUT2D eigenvalue weighted by molar-refractivity contribution is 0.0924. The molecule has 19 heavy (non-hydrogen) atoms. The highest BCUT2D eigenvalue weighted by Gasteiger charge is 2.16. The predicted octanol–water partition coefficient (Wildman–Crippen LogP) is 2.78. The van der Waals surface area contributed by atoms with E-state index >= 15 is 0 Å². The number of benzene rings is 1. The van der Waals surface area contributed by atoms with Gasteiger partial charge < -0.3 is 5.32 Å². The van der Waals surface area contributed by atoms with Crippen molar-refractivity contribution >= 4 is 5.91 Å². The summed E-state index contributed by atoms with van der Waals surface area (Å²) in [7, 11) is 0. The van der Waals surface area contributed by atoms with Crippen molar-refractivity contribution < 1.29 is 4.79 Å². The van der Waals surface area contributed by atoms with E-state index in [1.165, 1.54) is 0 Å². The second-order valence-electron chi connectivity index (χ2n) is 4.38. The Morgan fingerprint density at radius 2 is 2.00 bits per heavy atom. The van der Waals surface area contributed by atoms with E-state index in [4.69, 9.17) is 0 Å². The average molecular weight is 257 g/mol. The summed E-state index contributed by atoms with van der Waals surface area (Å²) < 4.78 is 1.70. The first kappa shape index (κ1) is 13.3. The van der Waals surface area contributed by atoms with Crippen molar-refractivity contribution in [2.75, 3.05) is 0 Å². The molecule has 1 atom stereocenters. The first-order valence-electron chi connectivity index (χ1n) is 6.63. The van der Waals surface area contributed by atoms with Gasteiger partial charge in [0, 0.05) is 12.7 Å². The normalized spacial score (nSPS) is 12.1.